The highest BCUT2D eigenvalue weighted by Gasteiger charge is 2.17. The van der Waals surface area contributed by atoms with Gasteiger partial charge >= 0.3 is 5.97 Å². The van der Waals surface area contributed by atoms with Gasteiger partial charge in [-0.1, -0.05) is 20.3 Å². The number of ether oxygens (including phenoxy) is 1. The number of H-pyrrole nitrogens is 1. The number of rotatable bonds is 7. The average Bonchev–Trinajstić information content (AvgIpc) is 2.54. The Morgan fingerprint density at radius 3 is 2.52 bits per heavy atom. The first kappa shape index (κ1) is 16.7. The summed E-state index contributed by atoms with van der Waals surface area (Å²) in [5.41, 5.74) is 0.0505. The number of hydrogen-bond donors (Lipinski definition) is 2. The number of aromatic carboxylic acids is 1. The number of hydrogen-bond acceptors (Lipinski definition) is 4. The molecule has 23 heavy (non-hydrogen) atoms. The molecule has 122 valence electrons. The lowest BCUT2D eigenvalue weighted by atomic mass is 10.1. The molecule has 0 aliphatic heterocycles. The number of aromatic nitrogens is 2. The first-order chi connectivity index (χ1) is 11.1. The Balaban J connectivity index is 2.30. The third-order valence-electron chi connectivity index (χ3n) is 3.44. The summed E-state index contributed by atoms with van der Waals surface area (Å²) in [6.45, 7) is 4.53. The van der Waals surface area contributed by atoms with Crippen LogP contribution in [-0.2, 0) is 6.42 Å². The molecule has 0 bridgehead atoms. The zero-order valence-corrected chi connectivity index (χ0v) is 13.3. The molecule has 0 aliphatic rings. The minimum atomic E-state index is -1.26. The second-order valence-corrected chi connectivity index (χ2v) is 5.12. The highest BCUT2D eigenvalue weighted by Crippen LogP contribution is 2.20. The third kappa shape index (κ3) is 3.97. The quantitative estimate of drug-likeness (QED) is 0.766. The lowest BCUT2D eigenvalue weighted by molar-refractivity contribution is 0.0693. The van der Waals surface area contributed by atoms with E-state index in [1.165, 1.54) is 0 Å². The van der Waals surface area contributed by atoms with Crippen LogP contribution in [0.5, 0.6) is 5.75 Å². The van der Waals surface area contributed by atoms with Crippen LogP contribution in [0, 0.1) is 0 Å². The summed E-state index contributed by atoms with van der Waals surface area (Å²) in [6, 6.07) is 7.20. The molecule has 0 radical (unpaired) electrons. The number of aromatic amines is 1. The van der Waals surface area contributed by atoms with Gasteiger partial charge in [-0.25, -0.2) is 9.78 Å². The molecule has 0 unspecified atom stereocenters. The maximum absolute atomic E-state index is 12.0. The second kappa shape index (κ2) is 7.58. The number of benzene rings is 1. The topological polar surface area (TPSA) is 92.3 Å². The molecule has 0 saturated carbocycles. The number of aryl methyl sites for hydroxylation is 1. The lowest BCUT2D eigenvalue weighted by Crippen LogP contribution is -2.22. The number of carbonyl (C=O) groups is 1. The summed E-state index contributed by atoms with van der Waals surface area (Å²) < 4.78 is 5.59. The molecule has 2 rings (SSSR count). The van der Waals surface area contributed by atoms with Crippen LogP contribution in [0.25, 0.3) is 11.4 Å². The highest BCUT2D eigenvalue weighted by molar-refractivity contribution is 5.88. The fraction of sp³-hybridized carbons (Fsp3) is 0.353. The van der Waals surface area contributed by atoms with Gasteiger partial charge in [-0.2, -0.15) is 0 Å². The Bertz CT molecular complexity index is 735. The second-order valence-electron chi connectivity index (χ2n) is 5.12. The van der Waals surface area contributed by atoms with Crippen molar-refractivity contribution in [2.24, 2.45) is 0 Å². The van der Waals surface area contributed by atoms with Crippen LogP contribution >= 0.6 is 0 Å². The summed E-state index contributed by atoms with van der Waals surface area (Å²) >= 11 is 0. The molecule has 0 saturated heterocycles. The summed E-state index contributed by atoms with van der Waals surface area (Å²) in [5, 5.41) is 9.10. The van der Waals surface area contributed by atoms with E-state index in [0.717, 1.165) is 18.6 Å². The number of carboxylic acids is 1. The van der Waals surface area contributed by atoms with Gasteiger partial charge in [-0.3, -0.25) is 4.79 Å². The summed E-state index contributed by atoms with van der Waals surface area (Å²) in [6.07, 6.45) is 2.43. The van der Waals surface area contributed by atoms with Crippen molar-refractivity contribution >= 4 is 5.97 Å². The SMILES string of the molecule is CCCCOc1ccc(-c2nc(CC)c(C(=O)O)c(=O)[nH]2)cc1. The van der Waals surface area contributed by atoms with E-state index >= 15 is 0 Å². The monoisotopic (exact) mass is 316 g/mol. The Kier molecular flexibility index (Phi) is 5.51. The molecule has 1 heterocycles. The molecular formula is C17H20N2O4. The maximum atomic E-state index is 12.0. The van der Waals surface area contributed by atoms with Crippen molar-refractivity contribution in [2.75, 3.05) is 6.61 Å². The normalized spacial score (nSPS) is 10.5. The van der Waals surface area contributed by atoms with Gasteiger partial charge in [0.2, 0.25) is 0 Å². The zero-order chi connectivity index (χ0) is 16.8. The van der Waals surface area contributed by atoms with Crippen molar-refractivity contribution in [3.8, 4) is 17.1 Å². The Morgan fingerprint density at radius 2 is 1.96 bits per heavy atom. The maximum Gasteiger partial charge on any atom is 0.343 e. The van der Waals surface area contributed by atoms with E-state index in [-0.39, 0.29) is 11.3 Å². The summed E-state index contributed by atoms with van der Waals surface area (Å²) in [7, 11) is 0. The predicted octanol–water partition coefficient (Wildman–Crippen LogP) is 2.88. The van der Waals surface area contributed by atoms with Gasteiger partial charge in [-0.15, -0.1) is 0 Å². The molecule has 6 nitrogen and oxygen atoms in total. The average molecular weight is 316 g/mol. The van der Waals surface area contributed by atoms with Gasteiger partial charge in [0.25, 0.3) is 5.56 Å². The van der Waals surface area contributed by atoms with Crippen LogP contribution in [0.3, 0.4) is 0 Å². The molecule has 1 aromatic heterocycles. The van der Waals surface area contributed by atoms with Gasteiger partial charge in [0.15, 0.2) is 0 Å². The first-order valence-corrected chi connectivity index (χ1v) is 7.66. The van der Waals surface area contributed by atoms with E-state index in [0.29, 0.717) is 24.4 Å². The van der Waals surface area contributed by atoms with Gasteiger partial charge in [0.05, 0.1) is 12.3 Å². The van der Waals surface area contributed by atoms with E-state index in [4.69, 9.17) is 9.84 Å². The fourth-order valence-electron chi connectivity index (χ4n) is 2.18. The fourth-order valence-corrected chi connectivity index (χ4v) is 2.18. The van der Waals surface area contributed by atoms with E-state index in [2.05, 4.69) is 16.9 Å². The van der Waals surface area contributed by atoms with Crippen molar-refractivity contribution < 1.29 is 14.6 Å². The minimum absolute atomic E-state index is 0.277. The van der Waals surface area contributed by atoms with Crippen LogP contribution in [0.1, 0.15) is 42.7 Å². The van der Waals surface area contributed by atoms with E-state index in [1.807, 2.05) is 12.1 Å². The molecule has 0 spiro atoms. The highest BCUT2D eigenvalue weighted by atomic mass is 16.5. The Labute approximate surface area is 134 Å². The van der Waals surface area contributed by atoms with Crippen molar-refractivity contribution in [2.45, 2.75) is 33.1 Å². The zero-order valence-electron chi connectivity index (χ0n) is 13.3. The van der Waals surface area contributed by atoms with Crippen molar-refractivity contribution in [3.05, 3.63) is 45.9 Å². The molecule has 6 heteroatoms. The number of nitrogens with one attached hydrogen (secondary N) is 1. The minimum Gasteiger partial charge on any atom is -0.494 e. The number of nitrogens with zero attached hydrogens (tertiary/aromatic N) is 1. The van der Waals surface area contributed by atoms with Crippen molar-refractivity contribution in [3.63, 3.8) is 0 Å². The largest absolute Gasteiger partial charge is 0.494 e. The van der Waals surface area contributed by atoms with Gasteiger partial charge in [0, 0.05) is 5.56 Å². The van der Waals surface area contributed by atoms with Crippen LogP contribution < -0.4 is 10.3 Å². The Hall–Kier alpha value is -2.63. The first-order valence-electron chi connectivity index (χ1n) is 7.66. The van der Waals surface area contributed by atoms with Crippen LogP contribution in [-0.4, -0.2) is 27.7 Å². The van der Waals surface area contributed by atoms with E-state index < -0.39 is 11.5 Å². The molecule has 0 amide bonds. The molecule has 0 aliphatic carbocycles. The molecule has 2 N–H and O–H groups in total. The third-order valence-corrected chi connectivity index (χ3v) is 3.44. The molecular weight excluding hydrogens is 296 g/mol. The van der Waals surface area contributed by atoms with Gasteiger partial charge in [0.1, 0.15) is 17.1 Å². The summed E-state index contributed by atoms with van der Waals surface area (Å²) in [4.78, 5) is 29.9. The van der Waals surface area contributed by atoms with Crippen LogP contribution in [0.2, 0.25) is 0 Å². The van der Waals surface area contributed by atoms with Crippen LogP contribution in [0.4, 0.5) is 0 Å². The molecule has 2 aromatic rings. The van der Waals surface area contributed by atoms with Crippen LogP contribution in [0.15, 0.2) is 29.1 Å². The molecule has 1 aromatic carbocycles. The van der Waals surface area contributed by atoms with Crippen molar-refractivity contribution in [1.29, 1.82) is 0 Å². The summed E-state index contributed by atoms with van der Waals surface area (Å²) in [5.74, 6) is -0.152. The van der Waals surface area contributed by atoms with Crippen molar-refractivity contribution in [1.82, 2.24) is 9.97 Å². The molecule has 0 atom stereocenters. The lowest BCUT2D eigenvalue weighted by Gasteiger charge is -2.08. The number of carboxylic acid groups (broad SMARTS) is 1. The standard InChI is InChI=1S/C17H20N2O4/c1-3-5-10-23-12-8-6-11(7-9-12)15-18-13(4-2)14(17(21)22)16(20)19-15/h6-9H,3-5,10H2,1-2H3,(H,21,22)(H,18,19,20). The van der Waals surface area contributed by atoms with E-state index in [1.54, 1.807) is 19.1 Å². The van der Waals surface area contributed by atoms with E-state index in [9.17, 15) is 9.59 Å². The predicted molar refractivity (Wildman–Crippen MR) is 87.0 cm³/mol. The smallest absolute Gasteiger partial charge is 0.343 e. The Morgan fingerprint density at radius 1 is 1.26 bits per heavy atom. The van der Waals surface area contributed by atoms with Gasteiger partial charge < -0.3 is 14.8 Å². The number of unbranched alkanes of at least 4 members (excludes halogenated alkanes) is 1. The van der Waals surface area contributed by atoms with Gasteiger partial charge in [-0.05, 0) is 37.1 Å². The molecule has 0 fully saturated rings.